The predicted octanol–water partition coefficient (Wildman–Crippen LogP) is 3.82. The highest BCUT2D eigenvalue weighted by Crippen LogP contribution is 2.30. The molecule has 0 spiro atoms. The molecule has 1 aliphatic heterocycles. The number of hydrogen-bond acceptors (Lipinski definition) is 6. The van der Waals surface area contributed by atoms with Crippen molar-refractivity contribution in [2.24, 2.45) is 0 Å². The van der Waals surface area contributed by atoms with Crippen molar-refractivity contribution in [3.63, 3.8) is 0 Å². The summed E-state index contributed by atoms with van der Waals surface area (Å²) in [7, 11) is 0. The number of aromatic nitrogens is 3. The van der Waals surface area contributed by atoms with Crippen molar-refractivity contribution < 1.29 is 9.84 Å². The summed E-state index contributed by atoms with van der Waals surface area (Å²) in [6, 6.07) is 15.6. The molecule has 1 N–H and O–H groups in total. The lowest BCUT2D eigenvalue weighted by Crippen LogP contribution is -2.46. The van der Waals surface area contributed by atoms with E-state index in [4.69, 9.17) is 16.3 Å². The molecule has 1 unspecified atom stereocenters. The first kappa shape index (κ1) is 23.5. The summed E-state index contributed by atoms with van der Waals surface area (Å²) in [5, 5.41) is 16.3. The molecule has 3 aromatic rings. The SMILES string of the molecule is CCN1CCN(c2ccc(OCCCC(O)(Cn3cncn3)c3ccc(Cl)cc3)cc2)CC1. The van der Waals surface area contributed by atoms with Gasteiger partial charge in [0.1, 0.15) is 24.0 Å². The Morgan fingerprint density at radius 3 is 2.39 bits per heavy atom. The molecule has 176 valence electrons. The van der Waals surface area contributed by atoms with Gasteiger partial charge in [-0.1, -0.05) is 30.7 Å². The molecule has 1 aromatic heterocycles. The van der Waals surface area contributed by atoms with Crippen LogP contribution in [0.25, 0.3) is 0 Å². The van der Waals surface area contributed by atoms with Gasteiger partial charge in [-0.15, -0.1) is 0 Å². The molecule has 1 atom stereocenters. The van der Waals surface area contributed by atoms with Gasteiger partial charge in [-0.2, -0.15) is 5.10 Å². The molecule has 1 aliphatic rings. The number of benzene rings is 2. The van der Waals surface area contributed by atoms with Gasteiger partial charge < -0.3 is 19.6 Å². The minimum atomic E-state index is -1.09. The quantitative estimate of drug-likeness (QED) is 0.455. The van der Waals surface area contributed by atoms with E-state index in [0.29, 0.717) is 31.0 Å². The first-order valence-corrected chi connectivity index (χ1v) is 11.9. The van der Waals surface area contributed by atoms with Gasteiger partial charge in [-0.25, -0.2) is 9.67 Å². The molecule has 0 aliphatic carbocycles. The van der Waals surface area contributed by atoms with Crippen LogP contribution in [-0.2, 0) is 12.1 Å². The lowest BCUT2D eigenvalue weighted by atomic mass is 9.89. The fourth-order valence-corrected chi connectivity index (χ4v) is 4.41. The van der Waals surface area contributed by atoms with Gasteiger partial charge in [-0.3, -0.25) is 0 Å². The standard InChI is InChI=1S/C25H32ClN5O2/c1-2-29-13-15-30(16-14-29)23-8-10-24(11-9-23)33-17-3-12-25(32,18-31-20-27-19-28-31)21-4-6-22(26)7-5-21/h4-11,19-20,32H,2-3,12-18H2,1H3. The van der Waals surface area contributed by atoms with Crippen LogP contribution >= 0.6 is 11.6 Å². The van der Waals surface area contributed by atoms with Crippen molar-refractivity contribution in [2.45, 2.75) is 31.9 Å². The summed E-state index contributed by atoms with van der Waals surface area (Å²) < 4.78 is 7.62. The highest BCUT2D eigenvalue weighted by Gasteiger charge is 2.30. The van der Waals surface area contributed by atoms with Crippen LogP contribution in [0.5, 0.6) is 5.75 Å². The van der Waals surface area contributed by atoms with E-state index in [0.717, 1.165) is 44.0 Å². The average Bonchev–Trinajstić information content (AvgIpc) is 3.35. The Balaban J connectivity index is 1.31. The number of nitrogens with zero attached hydrogens (tertiary/aromatic N) is 5. The predicted molar refractivity (Wildman–Crippen MR) is 131 cm³/mol. The minimum absolute atomic E-state index is 0.314. The van der Waals surface area contributed by atoms with Crippen LogP contribution in [0.2, 0.25) is 5.02 Å². The summed E-state index contributed by atoms with van der Waals surface area (Å²) in [5.74, 6) is 0.845. The average molecular weight is 470 g/mol. The lowest BCUT2D eigenvalue weighted by molar-refractivity contribution is 0.00141. The summed E-state index contributed by atoms with van der Waals surface area (Å²) in [6.07, 6.45) is 4.29. The Kier molecular flexibility index (Phi) is 7.85. The van der Waals surface area contributed by atoms with Gasteiger partial charge in [0.25, 0.3) is 0 Å². The first-order chi connectivity index (χ1) is 16.1. The summed E-state index contributed by atoms with van der Waals surface area (Å²) >= 11 is 6.04. The molecule has 0 saturated carbocycles. The molecule has 8 heteroatoms. The second kappa shape index (κ2) is 11.0. The third-order valence-electron chi connectivity index (χ3n) is 6.30. The van der Waals surface area contributed by atoms with E-state index >= 15 is 0 Å². The monoisotopic (exact) mass is 469 g/mol. The molecule has 0 amide bonds. The van der Waals surface area contributed by atoms with Crippen LogP contribution in [0, 0.1) is 0 Å². The summed E-state index contributed by atoms with van der Waals surface area (Å²) in [6.45, 7) is 8.50. The summed E-state index contributed by atoms with van der Waals surface area (Å²) in [5.41, 5.74) is 0.949. The van der Waals surface area contributed by atoms with Gasteiger partial charge in [0, 0.05) is 36.9 Å². The normalized spacial score (nSPS) is 16.5. The van der Waals surface area contributed by atoms with Crippen LogP contribution in [0.4, 0.5) is 5.69 Å². The molecule has 0 radical (unpaired) electrons. The van der Waals surface area contributed by atoms with Crippen molar-refractivity contribution in [3.05, 3.63) is 71.8 Å². The molecule has 1 fully saturated rings. The summed E-state index contributed by atoms with van der Waals surface area (Å²) in [4.78, 5) is 8.89. The molecule has 2 aromatic carbocycles. The van der Waals surface area contributed by atoms with Gasteiger partial charge in [0.2, 0.25) is 0 Å². The van der Waals surface area contributed by atoms with E-state index in [-0.39, 0.29) is 0 Å². The van der Waals surface area contributed by atoms with E-state index < -0.39 is 5.60 Å². The fourth-order valence-electron chi connectivity index (χ4n) is 4.29. The van der Waals surface area contributed by atoms with Gasteiger partial charge in [-0.05, 0) is 61.3 Å². The van der Waals surface area contributed by atoms with E-state index in [9.17, 15) is 5.11 Å². The smallest absolute Gasteiger partial charge is 0.137 e. The number of rotatable bonds is 10. The van der Waals surface area contributed by atoms with Crippen molar-refractivity contribution >= 4 is 17.3 Å². The van der Waals surface area contributed by atoms with Gasteiger partial charge >= 0.3 is 0 Å². The maximum Gasteiger partial charge on any atom is 0.137 e. The highest BCUT2D eigenvalue weighted by molar-refractivity contribution is 6.30. The molecular weight excluding hydrogens is 438 g/mol. The Labute approximate surface area is 200 Å². The Morgan fingerprint density at radius 2 is 1.76 bits per heavy atom. The Bertz CT molecular complexity index is 973. The van der Waals surface area contributed by atoms with Crippen LogP contribution in [-0.4, -0.2) is 64.1 Å². The molecule has 2 heterocycles. The number of aliphatic hydroxyl groups is 1. The molecular formula is C25H32ClN5O2. The van der Waals surface area contributed by atoms with Gasteiger partial charge in [0.15, 0.2) is 0 Å². The number of hydrogen-bond donors (Lipinski definition) is 1. The zero-order valence-electron chi connectivity index (χ0n) is 19.1. The van der Waals surface area contributed by atoms with Crippen LogP contribution < -0.4 is 9.64 Å². The van der Waals surface area contributed by atoms with Crippen LogP contribution in [0.15, 0.2) is 61.2 Å². The second-order valence-corrected chi connectivity index (χ2v) is 8.94. The van der Waals surface area contributed by atoms with E-state index in [1.165, 1.54) is 12.0 Å². The second-order valence-electron chi connectivity index (χ2n) is 8.50. The number of ether oxygens (including phenoxy) is 1. The van der Waals surface area contributed by atoms with Crippen molar-refractivity contribution in [1.29, 1.82) is 0 Å². The fraction of sp³-hybridized carbons (Fsp3) is 0.440. The third kappa shape index (κ3) is 6.25. The Hall–Kier alpha value is -2.61. The van der Waals surface area contributed by atoms with Crippen molar-refractivity contribution in [3.8, 4) is 5.75 Å². The lowest BCUT2D eigenvalue weighted by Gasteiger charge is -2.35. The van der Waals surface area contributed by atoms with E-state index in [2.05, 4.69) is 38.9 Å². The van der Waals surface area contributed by atoms with E-state index in [1.807, 2.05) is 24.3 Å². The number of piperazine rings is 1. The molecule has 4 rings (SSSR count). The largest absolute Gasteiger partial charge is 0.494 e. The molecule has 7 nitrogen and oxygen atoms in total. The first-order valence-electron chi connectivity index (χ1n) is 11.6. The topological polar surface area (TPSA) is 66.7 Å². The zero-order valence-corrected chi connectivity index (χ0v) is 19.9. The Morgan fingerprint density at radius 1 is 1.03 bits per heavy atom. The third-order valence-corrected chi connectivity index (χ3v) is 6.55. The number of likely N-dealkylation sites (N-methyl/N-ethyl adjacent to an activating group) is 1. The zero-order chi connectivity index (χ0) is 23.1. The van der Waals surface area contributed by atoms with Crippen molar-refractivity contribution in [1.82, 2.24) is 19.7 Å². The molecule has 0 bridgehead atoms. The number of anilines is 1. The molecule has 33 heavy (non-hydrogen) atoms. The van der Waals surface area contributed by atoms with E-state index in [1.54, 1.807) is 23.1 Å². The minimum Gasteiger partial charge on any atom is -0.494 e. The van der Waals surface area contributed by atoms with Gasteiger partial charge in [0.05, 0.1) is 13.2 Å². The maximum absolute atomic E-state index is 11.5. The van der Waals surface area contributed by atoms with Crippen LogP contribution in [0.1, 0.15) is 25.3 Å². The number of halogens is 1. The molecule has 1 saturated heterocycles. The van der Waals surface area contributed by atoms with Crippen LogP contribution in [0.3, 0.4) is 0 Å². The highest BCUT2D eigenvalue weighted by atomic mass is 35.5. The maximum atomic E-state index is 11.5. The van der Waals surface area contributed by atoms with Crippen molar-refractivity contribution in [2.75, 3.05) is 44.2 Å².